The molecule has 0 spiro atoms. The fraction of sp³-hybridized carbons (Fsp3) is 1.00. The van der Waals surface area contributed by atoms with E-state index in [1.54, 1.807) is 7.11 Å². The van der Waals surface area contributed by atoms with Crippen molar-refractivity contribution in [2.45, 2.75) is 32.2 Å². The van der Waals surface area contributed by atoms with E-state index >= 15 is 0 Å². The average molecular weight is 231 g/mol. The van der Waals surface area contributed by atoms with Gasteiger partial charge in [-0.05, 0) is 24.7 Å². The van der Waals surface area contributed by atoms with Crippen molar-refractivity contribution in [1.29, 1.82) is 0 Å². The molecule has 1 saturated heterocycles. The van der Waals surface area contributed by atoms with Gasteiger partial charge < -0.3 is 19.9 Å². The van der Waals surface area contributed by atoms with Crippen LogP contribution in [-0.4, -0.2) is 51.2 Å². The minimum Gasteiger partial charge on any atom is -0.396 e. The summed E-state index contributed by atoms with van der Waals surface area (Å²) in [5, 5.41) is 12.4. The van der Waals surface area contributed by atoms with Gasteiger partial charge in [-0.15, -0.1) is 0 Å². The van der Waals surface area contributed by atoms with Crippen LogP contribution < -0.4 is 5.32 Å². The molecule has 1 rings (SSSR count). The molecule has 0 aromatic rings. The lowest BCUT2D eigenvalue weighted by atomic mass is 9.82. The molecule has 1 fully saturated rings. The summed E-state index contributed by atoms with van der Waals surface area (Å²) in [4.78, 5) is 0. The first kappa shape index (κ1) is 13.9. The summed E-state index contributed by atoms with van der Waals surface area (Å²) in [7, 11) is 1.70. The first-order chi connectivity index (χ1) is 7.70. The molecule has 0 aromatic carbocycles. The molecule has 0 aromatic heterocycles. The quantitative estimate of drug-likeness (QED) is 0.680. The van der Waals surface area contributed by atoms with Crippen LogP contribution in [0.3, 0.4) is 0 Å². The molecule has 0 radical (unpaired) electrons. The van der Waals surface area contributed by atoms with E-state index in [9.17, 15) is 0 Å². The molecule has 0 bridgehead atoms. The Kier molecular flexibility index (Phi) is 6.28. The highest BCUT2D eigenvalue weighted by Gasteiger charge is 2.27. The Hall–Kier alpha value is -0.160. The Morgan fingerprint density at radius 2 is 2.12 bits per heavy atom. The van der Waals surface area contributed by atoms with Crippen molar-refractivity contribution in [2.75, 3.05) is 40.1 Å². The Labute approximate surface area is 98.3 Å². The van der Waals surface area contributed by atoms with Crippen molar-refractivity contribution in [2.24, 2.45) is 5.41 Å². The number of rotatable bonds is 7. The predicted octanol–water partition coefficient (Wildman–Crippen LogP) is 0.790. The summed E-state index contributed by atoms with van der Waals surface area (Å²) >= 11 is 0. The zero-order valence-corrected chi connectivity index (χ0v) is 10.5. The Morgan fingerprint density at radius 1 is 1.44 bits per heavy atom. The van der Waals surface area contributed by atoms with E-state index in [-0.39, 0.29) is 12.6 Å². The van der Waals surface area contributed by atoms with E-state index in [2.05, 4.69) is 12.2 Å². The highest BCUT2D eigenvalue weighted by molar-refractivity contribution is 4.81. The molecule has 1 aliphatic rings. The van der Waals surface area contributed by atoms with Gasteiger partial charge in [-0.25, -0.2) is 0 Å². The van der Waals surface area contributed by atoms with Crippen LogP contribution in [0.15, 0.2) is 0 Å². The first-order valence-electron chi connectivity index (χ1n) is 6.11. The van der Waals surface area contributed by atoms with Crippen LogP contribution >= 0.6 is 0 Å². The van der Waals surface area contributed by atoms with Crippen molar-refractivity contribution in [3.05, 3.63) is 0 Å². The highest BCUT2D eigenvalue weighted by Crippen LogP contribution is 2.28. The van der Waals surface area contributed by atoms with E-state index < -0.39 is 0 Å². The minimum absolute atomic E-state index is 0.209. The molecule has 0 saturated carbocycles. The van der Waals surface area contributed by atoms with Gasteiger partial charge in [0.2, 0.25) is 0 Å². The van der Waals surface area contributed by atoms with Crippen LogP contribution in [-0.2, 0) is 9.47 Å². The molecule has 0 amide bonds. The number of hydrogen-bond donors (Lipinski definition) is 2. The number of aliphatic hydroxyl groups excluding tert-OH is 1. The van der Waals surface area contributed by atoms with Crippen molar-refractivity contribution in [3.63, 3.8) is 0 Å². The third kappa shape index (κ3) is 4.78. The second-order valence-corrected chi connectivity index (χ2v) is 4.97. The fourth-order valence-corrected chi connectivity index (χ4v) is 2.03. The van der Waals surface area contributed by atoms with E-state index in [0.717, 1.165) is 39.0 Å². The van der Waals surface area contributed by atoms with E-state index in [1.807, 2.05) is 0 Å². The molecule has 4 nitrogen and oxygen atoms in total. The summed E-state index contributed by atoms with van der Waals surface area (Å²) in [6, 6.07) is 0.259. The Bertz CT molecular complexity index is 175. The maximum absolute atomic E-state index is 8.95. The van der Waals surface area contributed by atoms with E-state index in [1.165, 1.54) is 0 Å². The largest absolute Gasteiger partial charge is 0.396 e. The van der Waals surface area contributed by atoms with Crippen LogP contribution in [0.1, 0.15) is 26.2 Å². The monoisotopic (exact) mass is 231 g/mol. The molecule has 1 unspecified atom stereocenters. The van der Waals surface area contributed by atoms with Gasteiger partial charge in [0.15, 0.2) is 0 Å². The molecule has 96 valence electrons. The summed E-state index contributed by atoms with van der Waals surface area (Å²) in [5.74, 6) is 0. The topological polar surface area (TPSA) is 50.7 Å². The minimum atomic E-state index is 0.209. The number of aliphatic hydroxyl groups is 1. The Balaban J connectivity index is 2.28. The lowest BCUT2D eigenvalue weighted by molar-refractivity contribution is 0.0206. The van der Waals surface area contributed by atoms with Gasteiger partial charge in [0.1, 0.15) is 0 Å². The summed E-state index contributed by atoms with van der Waals surface area (Å²) in [5.41, 5.74) is 0.333. The molecule has 0 aliphatic carbocycles. The summed E-state index contributed by atoms with van der Waals surface area (Å²) < 4.78 is 10.5. The normalized spacial score (nSPS) is 21.9. The number of hydrogen-bond acceptors (Lipinski definition) is 4. The lowest BCUT2D eigenvalue weighted by Crippen LogP contribution is -2.43. The smallest absolute Gasteiger partial charge is 0.0616 e. The van der Waals surface area contributed by atoms with Crippen molar-refractivity contribution < 1.29 is 14.6 Å². The summed E-state index contributed by atoms with van der Waals surface area (Å²) in [6.07, 6.45) is 2.97. The SMILES string of the molecule is COCC(CCO)NCC1(C)CCOCC1. The number of ether oxygens (including phenoxy) is 2. The van der Waals surface area contributed by atoms with E-state index in [4.69, 9.17) is 14.6 Å². The van der Waals surface area contributed by atoms with Crippen LogP contribution in [0.5, 0.6) is 0 Å². The molecular formula is C12H25NO3. The lowest BCUT2D eigenvalue weighted by Gasteiger charge is -2.35. The molecule has 1 aliphatic heterocycles. The van der Waals surface area contributed by atoms with Gasteiger partial charge in [0.05, 0.1) is 6.61 Å². The van der Waals surface area contributed by atoms with Gasteiger partial charge in [0, 0.05) is 39.5 Å². The maximum Gasteiger partial charge on any atom is 0.0616 e. The third-order valence-corrected chi connectivity index (χ3v) is 3.36. The third-order valence-electron chi connectivity index (χ3n) is 3.36. The van der Waals surface area contributed by atoms with Crippen LogP contribution in [0.25, 0.3) is 0 Å². The average Bonchev–Trinajstić information content (AvgIpc) is 2.28. The van der Waals surface area contributed by atoms with Crippen LogP contribution in [0.4, 0.5) is 0 Å². The first-order valence-corrected chi connectivity index (χ1v) is 6.11. The fourth-order valence-electron chi connectivity index (χ4n) is 2.03. The predicted molar refractivity (Wildman–Crippen MR) is 63.5 cm³/mol. The molecule has 2 N–H and O–H groups in total. The molecule has 16 heavy (non-hydrogen) atoms. The second kappa shape index (κ2) is 7.22. The molecular weight excluding hydrogens is 206 g/mol. The van der Waals surface area contributed by atoms with Gasteiger partial charge in [-0.3, -0.25) is 0 Å². The standard InChI is InChI=1S/C12H25NO3/c1-12(4-7-16-8-5-12)10-13-11(3-6-14)9-15-2/h11,13-14H,3-10H2,1-2H3. The molecule has 4 heteroatoms. The zero-order valence-electron chi connectivity index (χ0n) is 10.5. The van der Waals surface area contributed by atoms with Crippen molar-refractivity contribution >= 4 is 0 Å². The molecule has 1 atom stereocenters. The van der Waals surface area contributed by atoms with Gasteiger partial charge >= 0.3 is 0 Å². The van der Waals surface area contributed by atoms with Crippen molar-refractivity contribution in [1.82, 2.24) is 5.32 Å². The van der Waals surface area contributed by atoms with E-state index in [0.29, 0.717) is 12.0 Å². The van der Waals surface area contributed by atoms with Gasteiger partial charge in [-0.2, -0.15) is 0 Å². The zero-order chi connectivity index (χ0) is 11.9. The number of methoxy groups -OCH3 is 1. The number of nitrogens with one attached hydrogen (secondary N) is 1. The van der Waals surface area contributed by atoms with Crippen molar-refractivity contribution in [3.8, 4) is 0 Å². The summed E-state index contributed by atoms with van der Waals surface area (Å²) in [6.45, 7) is 5.88. The van der Waals surface area contributed by atoms with Crippen LogP contribution in [0, 0.1) is 5.41 Å². The van der Waals surface area contributed by atoms with Crippen LogP contribution in [0.2, 0.25) is 0 Å². The second-order valence-electron chi connectivity index (χ2n) is 4.97. The van der Waals surface area contributed by atoms with Gasteiger partial charge in [0.25, 0.3) is 0 Å². The Morgan fingerprint density at radius 3 is 2.69 bits per heavy atom. The highest BCUT2D eigenvalue weighted by atomic mass is 16.5. The molecule has 1 heterocycles. The van der Waals surface area contributed by atoms with Gasteiger partial charge in [-0.1, -0.05) is 6.92 Å². The maximum atomic E-state index is 8.95.